The summed E-state index contributed by atoms with van der Waals surface area (Å²) in [5.74, 6) is 0. The van der Waals surface area contributed by atoms with Crippen LogP contribution in [0, 0.1) is 0 Å². The lowest BCUT2D eigenvalue weighted by Gasteiger charge is -2.31. The van der Waals surface area contributed by atoms with Gasteiger partial charge in [0.15, 0.2) is 0 Å². The van der Waals surface area contributed by atoms with Crippen molar-refractivity contribution >= 4 is 5.69 Å². The Labute approximate surface area is 122 Å². The number of hydrogen-bond donors (Lipinski definition) is 1. The molecule has 2 heterocycles. The maximum Gasteiger partial charge on any atom is 0.0499 e. The molecule has 2 N–H and O–H groups in total. The van der Waals surface area contributed by atoms with Crippen LogP contribution in [-0.2, 0) is 6.42 Å². The molecule has 1 aromatic carbocycles. The molecule has 0 radical (unpaired) electrons. The lowest BCUT2D eigenvalue weighted by atomic mass is 9.94. The standard InChI is InChI=1S/C17H27N3/c1-3-9-20-11-8-15(18)17(20)14-6-7-16-13(12-14)5-4-10-19(16)2/h6-7,12,15,17H,3-5,8-11,18H2,1-2H3. The van der Waals surface area contributed by atoms with Gasteiger partial charge in [0.2, 0.25) is 0 Å². The van der Waals surface area contributed by atoms with Crippen molar-refractivity contribution in [2.45, 2.75) is 44.7 Å². The van der Waals surface area contributed by atoms with E-state index in [4.69, 9.17) is 5.73 Å². The fourth-order valence-corrected chi connectivity index (χ4v) is 3.87. The Hall–Kier alpha value is -1.06. The van der Waals surface area contributed by atoms with Crippen molar-refractivity contribution in [3.05, 3.63) is 29.3 Å². The van der Waals surface area contributed by atoms with Crippen LogP contribution in [-0.4, -0.2) is 37.6 Å². The molecule has 0 bridgehead atoms. The van der Waals surface area contributed by atoms with Crippen LogP contribution in [0.5, 0.6) is 0 Å². The predicted octanol–water partition coefficient (Wildman–Crippen LogP) is 2.55. The summed E-state index contributed by atoms with van der Waals surface area (Å²) in [6, 6.07) is 7.75. The molecule has 1 fully saturated rings. The molecule has 0 aromatic heterocycles. The number of benzene rings is 1. The normalized spacial score (nSPS) is 26.9. The Morgan fingerprint density at radius 1 is 1.30 bits per heavy atom. The molecule has 20 heavy (non-hydrogen) atoms. The summed E-state index contributed by atoms with van der Waals surface area (Å²) in [4.78, 5) is 4.94. The molecule has 3 heteroatoms. The highest BCUT2D eigenvalue weighted by Gasteiger charge is 2.32. The summed E-state index contributed by atoms with van der Waals surface area (Å²) in [5.41, 5.74) is 10.7. The number of likely N-dealkylation sites (tertiary alicyclic amines) is 1. The number of aryl methyl sites for hydroxylation is 1. The van der Waals surface area contributed by atoms with Gasteiger partial charge in [0.1, 0.15) is 0 Å². The molecule has 3 rings (SSSR count). The molecule has 0 aliphatic carbocycles. The van der Waals surface area contributed by atoms with Crippen molar-refractivity contribution in [2.24, 2.45) is 5.73 Å². The minimum atomic E-state index is 0.293. The molecule has 0 amide bonds. The highest BCUT2D eigenvalue weighted by atomic mass is 15.2. The maximum atomic E-state index is 6.38. The van der Waals surface area contributed by atoms with Gasteiger partial charge in [-0.05, 0) is 49.4 Å². The van der Waals surface area contributed by atoms with Gasteiger partial charge in [-0.25, -0.2) is 0 Å². The van der Waals surface area contributed by atoms with Gasteiger partial charge in [-0.15, -0.1) is 0 Å². The van der Waals surface area contributed by atoms with E-state index in [1.807, 2.05) is 0 Å². The molecule has 2 atom stereocenters. The molecule has 3 nitrogen and oxygen atoms in total. The summed E-state index contributed by atoms with van der Waals surface area (Å²) in [7, 11) is 2.20. The highest BCUT2D eigenvalue weighted by molar-refractivity contribution is 5.56. The molecule has 1 aromatic rings. The van der Waals surface area contributed by atoms with Gasteiger partial charge in [-0.2, -0.15) is 0 Å². The van der Waals surface area contributed by atoms with E-state index in [2.05, 4.69) is 42.0 Å². The van der Waals surface area contributed by atoms with Crippen LogP contribution in [0.2, 0.25) is 0 Å². The summed E-state index contributed by atoms with van der Waals surface area (Å²) in [6.07, 6.45) is 4.81. The van der Waals surface area contributed by atoms with E-state index in [0.29, 0.717) is 12.1 Å². The summed E-state index contributed by atoms with van der Waals surface area (Å²) < 4.78 is 0. The first kappa shape index (κ1) is 13.9. The molecule has 2 aliphatic heterocycles. The van der Waals surface area contributed by atoms with E-state index >= 15 is 0 Å². The zero-order valence-electron chi connectivity index (χ0n) is 12.8. The van der Waals surface area contributed by atoms with Gasteiger partial charge < -0.3 is 10.6 Å². The second-order valence-corrected chi connectivity index (χ2v) is 6.35. The highest BCUT2D eigenvalue weighted by Crippen LogP contribution is 2.35. The van der Waals surface area contributed by atoms with E-state index in [9.17, 15) is 0 Å². The van der Waals surface area contributed by atoms with Crippen molar-refractivity contribution in [3.8, 4) is 0 Å². The average Bonchev–Trinajstić information content (AvgIpc) is 2.80. The number of nitrogens with two attached hydrogens (primary N) is 1. The first-order valence-corrected chi connectivity index (χ1v) is 8.04. The molecule has 0 spiro atoms. The molecule has 110 valence electrons. The zero-order chi connectivity index (χ0) is 14.1. The summed E-state index contributed by atoms with van der Waals surface area (Å²) in [6.45, 7) is 5.74. The summed E-state index contributed by atoms with van der Waals surface area (Å²) in [5, 5.41) is 0. The largest absolute Gasteiger partial charge is 0.374 e. The second kappa shape index (κ2) is 5.74. The van der Waals surface area contributed by atoms with Crippen LogP contribution >= 0.6 is 0 Å². The Kier molecular flexibility index (Phi) is 3.99. The Morgan fingerprint density at radius 3 is 2.95 bits per heavy atom. The van der Waals surface area contributed by atoms with Gasteiger partial charge in [0.05, 0.1) is 0 Å². The third-order valence-corrected chi connectivity index (χ3v) is 4.86. The minimum absolute atomic E-state index is 0.293. The quantitative estimate of drug-likeness (QED) is 0.918. The number of rotatable bonds is 3. The molecular formula is C17H27N3. The van der Waals surface area contributed by atoms with Gasteiger partial charge in [0.25, 0.3) is 0 Å². The zero-order valence-corrected chi connectivity index (χ0v) is 12.8. The van der Waals surface area contributed by atoms with Gasteiger partial charge in [0, 0.05) is 37.9 Å². The number of nitrogens with zero attached hydrogens (tertiary/aromatic N) is 2. The van der Waals surface area contributed by atoms with Crippen molar-refractivity contribution < 1.29 is 0 Å². The Bertz CT molecular complexity index is 469. The SMILES string of the molecule is CCCN1CCC(N)C1c1ccc2c(c1)CCCN2C. The first-order chi connectivity index (χ1) is 9.70. The number of hydrogen-bond acceptors (Lipinski definition) is 3. The maximum absolute atomic E-state index is 6.38. The first-order valence-electron chi connectivity index (χ1n) is 8.04. The van der Waals surface area contributed by atoms with Crippen molar-refractivity contribution in [1.29, 1.82) is 0 Å². The van der Waals surface area contributed by atoms with E-state index in [0.717, 1.165) is 19.5 Å². The van der Waals surface area contributed by atoms with Crippen molar-refractivity contribution in [2.75, 3.05) is 31.6 Å². The smallest absolute Gasteiger partial charge is 0.0499 e. The number of anilines is 1. The van der Waals surface area contributed by atoms with Gasteiger partial charge >= 0.3 is 0 Å². The fraction of sp³-hybridized carbons (Fsp3) is 0.647. The molecule has 0 saturated carbocycles. The van der Waals surface area contributed by atoms with Crippen LogP contribution in [0.15, 0.2) is 18.2 Å². The van der Waals surface area contributed by atoms with E-state index < -0.39 is 0 Å². The Morgan fingerprint density at radius 2 is 2.15 bits per heavy atom. The van der Waals surface area contributed by atoms with E-state index in [1.54, 1.807) is 0 Å². The molecular weight excluding hydrogens is 246 g/mol. The van der Waals surface area contributed by atoms with Crippen LogP contribution in [0.3, 0.4) is 0 Å². The summed E-state index contributed by atoms with van der Waals surface area (Å²) >= 11 is 0. The third kappa shape index (κ3) is 2.45. The van der Waals surface area contributed by atoms with Gasteiger partial charge in [-0.3, -0.25) is 4.90 Å². The van der Waals surface area contributed by atoms with Crippen LogP contribution in [0.1, 0.15) is 43.4 Å². The van der Waals surface area contributed by atoms with E-state index in [-0.39, 0.29) is 0 Å². The average molecular weight is 273 g/mol. The Balaban J connectivity index is 1.89. The fourth-order valence-electron chi connectivity index (χ4n) is 3.87. The predicted molar refractivity (Wildman–Crippen MR) is 85.2 cm³/mol. The van der Waals surface area contributed by atoms with E-state index in [1.165, 1.54) is 42.6 Å². The van der Waals surface area contributed by atoms with Crippen LogP contribution < -0.4 is 10.6 Å². The van der Waals surface area contributed by atoms with Crippen molar-refractivity contribution in [3.63, 3.8) is 0 Å². The molecule has 2 unspecified atom stereocenters. The van der Waals surface area contributed by atoms with Gasteiger partial charge in [-0.1, -0.05) is 19.1 Å². The second-order valence-electron chi connectivity index (χ2n) is 6.35. The third-order valence-electron chi connectivity index (χ3n) is 4.86. The van der Waals surface area contributed by atoms with Crippen LogP contribution in [0.4, 0.5) is 5.69 Å². The topological polar surface area (TPSA) is 32.5 Å². The van der Waals surface area contributed by atoms with Crippen LogP contribution in [0.25, 0.3) is 0 Å². The molecule has 1 saturated heterocycles. The lowest BCUT2D eigenvalue weighted by Crippen LogP contribution is -2.32. The van der Waals surface area contributed by atoms with Crippen molar-refractivity contribution in [1.82, 2.24) is 4.90 Å². The lowest BCUT2D eigenvalue weighted by molar-refractivity contribution is 0.248. The molecule has 2 aliphatic rings. The number of fused-ring (bicyclic) bond motifs is 1. The minimum Gasteiger partial charge on any atom is -0.374 e. The monoisotopic (exact) mass is 273 g/mol.